The number of rotatable bonds is 3. The summed E-state index contributed by atoms with van der Waals surface area (Å²) in [6, 6.07) is 1.12. The Morgan fingerprint density at radius 1 is 1.18 bits per heavy atom. The first-order chi connectivity index (χ1) is 18.6. The van der Waals surface area contributed by atoms with Crippen molar-refractivity contribution in [3.05, 3.63) is 57.7 Å². The van der Waals surface area contributed by atoms with Crippen molar-refractivity contribution in [2.24, 2.45) is 0 Å². The van der Waals surface area contributed by atoms with E-state index in [1.54, 1.807) is 22.6 Å². The summed E-state index contributed by atoms with van der Waals surface area (Å²) in [6.45, 7) is 5.94. The third kappa shape index (κ3) is 6.93. The van der Waals surface area contributed by atoms with Gasteiger partial charge in [-0.3, -0.25) is 28.8 Å². The lowest BCUT2D eigenvalue weighted by Crippen LogP contribution is -2.54. The van der Waals surface area contributed by atoms with Gasteiger partial charge >= 0.3 is 5.69 Å². The molecule has 0 aliphatic carbocycles. The molecule has 2 saturated heterocycles. The molecule has 4 rings (SSSR count). The Bertz CT molecular complexity index is 1270. The third-order valence-corrected chi connectivity index (χ3v) is 7.00. The zero-order valence-corrected chi connectivity index (χ0v) is 23.6. The van der Waals surface area contributed by atoms with E-state index in [4.69, 9.17) is 9.47 Å². The van der Waals surface area contributed by atoms with Gasteiger partial charge in [-0.15, -0.1) is 12.8 Å². The predicted molar refractivity (Wildman–Crippen MR) is 148 cm³/mol. The number of allylic oxidation sites excluding steroid dienone is 1. The van der Waals surface area contributed by atoms with Crippen molar-refractivity contribution in [1.29, 1.82) is 0 Å². The van der Waals surface area contributed by atoms with E-state index in [0.717, 1.165) is 27.8 Å². The number of ether oxygens (including phenoxy) is 2. The highest BCUT2D eigenvalue weighted by molar-refractivity contribution is 14.1. The van der Waals surface area contributed by atoms with Crippen LogP contribution in [0.1, 0.15) is 26.5 Å². The summed E-state index contributed by atoms with van der Waals surface area (Å²) in [6.07, 6.45) is 5.51. The van der Waals surface area contributed by atoms with Gasteiger partial charge in [0.2, 0.25) is 18.0 Å². The highest BCUT2D eigenvalue weighted by atomic mass is 127. The maximum absolute atomic E-state index is 14.3. The van der Waals surface area contributed by atoms with Crippen LogP contribution in [-0.4, -0.2) is 102 Å². The average Bonchev–Trinajstić information content (AvgIpc) is 3.23. The van der Waals surface area contributed by atoms with Crippen molar-refractivity contribution in [2.75, 3.05) is 4.43 Å². The largest absolute Gasteiger partial charge is 0.469 e. The molecule has 17 heteroatoms. The Morgan fingerprint density at radius 3 is 2.17 bits per heavy atom. The number of hydrogen-bond acceptors (Lipinski definition) is 10. The molecule has 0 unspecified atom stereocenters. The fourth-order valence-corrected chi connectivity index (χ4v) is 4.47. The van der Waals surface area contributed by atoms with Gasteiger partial charge in [-0.1, -0.05) is 29.2 Å². The minimum Gasteiger partial charge on any atom is -0.469 e. The molecule has 1 amide bonds. The van der Waals surface area contributed by atoms with Gasteiger partial charge < -0.3 is 29.9 Å². The number of aliphatic hydroxyl groups is 4. The third-order valence-electron chi connectivity index (χ3n) is 5.96. The fourth-order valence-electron chi connectivity index (χ4n) is 3.88. The molecule has 40 heavy (non-hydrogen) atoms. The lowest BCUT2D eigenvalue weighted by atomic mass is 9.81. The lowest BCUT2D eigenvalue weighted by Gasteiger charge is -2.34. The van der Waals surface area contributed by atoms with Crippen molar-refractivity contribution >= 4 is 49.8 Å². The Labute approximate surface area is 244 Å². The van der Waals surface area contributed by atoms with Crippen LogP contribution in [0.3, 0.4) is 0 Å². The van der Waals surface area contributed by atoms with Gasteiger partial charge in [0.25, 0.3) is 5.56 Å². The van der Waals surface area contributed by atoms with Crippen LogP contribution in [0.4, 0.5) is 4.39 Å². The molecule has 2 fully saturated rings. The second-order valence-electron chi connectivity index (χ2n) is 8.86. The Balaban J connectivity index is 0.000000358. The van der Waals surface area contributed by atoms with Crippen LogP contribution in [0.25, 0.3) is 0 Å². The van der Waals surface area contributed by atoms with Crippen molar-refractivity contribution in [3.8, 4) is 12.8 Å². The van der Waals surface area contributed by atoms with Crippen molar-refractivity contribution < 1.29 is 43.9 Å². The average molecular weight is 673 g/mol. The fraction of sp³-hybridized carbons (Fsp3) is 0.478. The molecule has 3 aliphatic heterocycles. The van der Waals surface area contributed by atoms with Crippen LogP contribution in [0.2, 0.25) is 0 Å². The first kappa shape index (κ1) is 35.3. The van der Waals surface area contributed by atoms with Crippen LogP contribution in [0.5, 0.6) is 0 Å². The number of aliphatic hydroxyl groups excluding tert-OH is 2. The number of carbonyl (C=O) groups excluding carboxylic acids is 2. The number of terminal acetylenes is 1. The summed E-state index contributed by atoms with van der Waals surface area (Å²) in [5.41, 5.74) is -4.95. The van der Waals surface area contributed by atoms with E-state index in [9.17, 15) is 44.0 Å². The van der Waals surface area contributed by atoms with Crippen molar-refractivity contribution in [3.63, 3.8) is 0 Å². The molecule has 4 radical (unpaired) electrons. The second-order valence-corrected chi connectivity index (χ2v) is 9.62. The maximum Gasteiger partial charge on any atom is 0.331 e. The van der Waals surface area contributed by atoms with E-state index in [0.29, 0.717) is 0 Å². The normalized spacial score (nSPS) is 34.5. The van der Waals surface area contributed by atoms with E-state index < -0.39 is 58.9 Å². The number of amides is 1. The van der Waals surface area contributed by atoms with E-state index in [1.165, 1.54) is 20.0 Å². The second kappa shape index (κ2) is 13.7. The standard InChI is InChI=1S/C11H13FINO5.C10H12N2O5.C2H2.B2/c1-10(18)8(17)11(12,5-13)19-9(10)14-3-2-6(15)4-7(14)16;1-5-7(14)10(2,16)8(17-5)12-4-3-6(13)11-9(12)15;2*1-2/h2-3,8-9,17-18H,4-5H2,1H3;3-4,7-8,14,16H,1H2,2H3,(H,11,13,15);1-2H;/t8-,9+,10+,11+;7-,8-,10-;;/m01../s1. The SMILES string of the molecule is C#C.C=C1O[C@@H](n2ccc(=O)[nH]c2=O)[C@](C)(O)[C@@H]1O.C[C@]1(O)[C@H](N2C=CC(=O)CC2=O)O[C@](F)(CI)[C@H]1O.[B][B]. The molecule has 5 N–H and O–H groups in total. The smallest absolute Gasteiger partial charge is 0.331 e. The van der Waals surface area contributed by atoms with Gasteiger partial charge in [0.15, 0.2) is 17.6 Å². The molecule has 1 aromatic heterocycles. The van der Waals surface area contributed by atoms with Crippen LogP contribution in [0, 0.1) is 12.8 Å². The number of halogens is 2. The minimum absolute atomic E-state index is 0.0295. The molecule has 13 nitrogen and oxygen atoms in total. The zero-order valence-electron chi connectivity index (χ0n) is 21.4. The highest BCUT2D eigenvalue weighted by Gasteiger charge is 2.63. The van der Waals surface area contributed by atoms with Gasteiger partial charge in [-0.05, 0) is 19.9 Å². The van der Waals surface area contributed by atoms with Gasteiger partial charge in [0, 0.05) is 33.9 Å². The summed E-state index contributed by atoms with van der Waals surface area (Å²) in [4.78, 5) is 48.2. The van der Waals surface area contributed by atoms with Crippen LogP contribution < -0.4 is 11.2 Å². The molecule has 0 bridgehead atoms. The van der Waals surface area contributed by atoms with E-state index in [2.05, 4.69) is 34.9 Å². The molecule has 0 aromatic carbocycles. The number of ketones is 1. The van der Waals surface area contributed by atoms with Gasteiger partial charge in [-0.2, -0.15) is 0 Å². The molecular formula is C23H27B2FIN3O10. The topological polar surface area (TPSA) is 192 Å². The molecule has 3 aliphatic rings. The number of alkyl halides is 2. The summed E-state index contributed by atoms with van der Waals surface area (Å²) in [5, 5.41) is 39.7. The summed E-state index contributed by atoms with van der Waals surface area (Å²) < 4.78 is 25.2. The predicted octanol–water partition coefficient (Wildman–Crippen LogP) is -1.95. The molecule has 7 atom stereocenters. The first-order valence-electron chi connectivity index (χ1n) is 11.2. The Kier molecular flexibility index (Phi) is 12.1. The molecule has 4 heterocycles. The number of carbonyl (C=O) groups is 2. The van der Waals surface area contributed by atoms with E-state index in [1.807, 2.05) is 4.98 Å². The number of nitrogens with one attached hydrogen (secondary N) is 1. The minimum atomic E-state index is -2.44. The van der Waals surface area contributed by atoms with Gasteiger partial charge in [-0.25, -0.2) is 9.18 Å². The van der Waals surface area contributed by atoms with Gasteiger partial charge in [0.1, 0.15) is 23.6 Å². The molecular weight excluding hydrogens is 646 g/mol. The summed E-state index contributed by atoms with van der Waals surface area (Å²) in [7, 11) is 8.00. The maximum atomic E-state index is 14.3. The molecule has 0 spiro atoms. The summed E-state index contributed by atoms with van der Waals surface area (Å²) >= 11 is 1.68. The highest BCUT2D eigenvalue weighted by Crippen LogP contribution is 2.42. The number of aromatic amines is 1. The Hall–Kier alpha value is -2.75. The quantitative estimate of drug-likeness (QED) is 0.0793. The lowest BCUT2D eigenvalue weighted by molar-refractivity contribution is -0.184. The number of nitrogens with zero attached hydrogens (tertiary/aromatic N) is 2. The van der Waals surface area contributed by atoms with Crippen LogP contribution >= 0.6 is 22.6 Å². The van der Waals surface area contributed by atoms with Crippen molar-refractivity contribution in [2.45, 2.75) is 62.0 Å². The van der Waals surface area contributed by atoms with Gasteiger partial charge in [0.05, 0.1) is 10.8 Å². The van der Waals surface area contributed by atoms with Crippen LogP contribution in [0.15, 0.2) is 46.5 Å². The van der Waals surface area contributed by atoms with E-state index in [-0.39, 0.29) is 22.4 Å². The molecule has 214 valence electrons. The number of aromatic nitrogens is 2. The summed E-state index contributed by atoms with van der Waals surface area (Å²) in [5.74, 6) is -3.45. The monoisotopic (exact) mass is 673 g/mol. The van der Waals surface area contributed by atoms with Crippen molar-refractivity contribution in [1.82, 2.24) is 14.5 Å². The number of H-pyrrole nitrogens is 1. The van der Waals surface area contributed by atoms with Crippen LogP contribution in [-0.2, 0) is 19.1 Å². The first-order valence-corrected chi connectivity index (χ1v) is 12.7. The molecule has 0 saturated carbocycles. The van der Waals surface area contributed by atoms with E-state index >= 15 is 0 Å². The molecule has 1 aromatic rings. The zero-order chi connectivity index (χ0) is 31.2. The Morgan fingerprint density at radius 2 is 1.75 bits per heavy atom. The number of hydrogen-bond donors (Lipinski definition) is 5.